The van der Waals surface area contributed by atoms with Gasteiger partial charge in [0, 0.05) is 5.88 Å². The maximum atomic E-state index is 12.6. The molecule has 0 aromatic carbocycles. The highest BCUT2D eigenvalue weighted by Gasteiger charge is 2.47. The molecule has 0 heterocycles. The lowest BCUT2D eigenvalue weighted by Crippen LogP contribution is -2.41. The number of esters is 4. The van der Waals surface area contributed by atoms with E-state index in [9.17, 15) is 19.2 Å². The second-order valence-electron chi connectivity index (χ2n) is 7.01. The van der Waals surface area contributed by atoms with E-state index in [1.807, 2.05) is 13.0 Å². The topological polar surface area (TPSA) is 105 Å². The molecule has 0 spiro atoms. The minimum absolute atomic E-state index is 0.0962. The second-order valence-corrected chi connectivity index (χ2v) is 7.32. The van der Waals surface area contributed by atoms with Crippen molar-refractivity contribution in [1.29, 1.82) is 0 Å². The van der Waals surface area contributed by atoms with Gasteiger partial charge in [-0.15, -0.1) is 11.6 Å². The molecular formula is C23H33ClO8. The van der Waals surface area contributed by atoms with Crippen molar-refractivity contribution >= 4 is 35.5 Å². The fourth-order valence-electron chi connectivity index (χ4n) is 3.05. The molecule has 0 radical (unpaired) electrons. The van der Waals surface area contributed by atoms with Crippen LogP contribution in [0.25, 0.3) is 0 Å². The lowest BCUT2D eigenvalue weighted by atomic mass is 9.78. The summed E-state index contributed by atoms with van der Waals surface area (Å²) in [5.74, 6) is -3.34. The summed E-state index contributed by atoms with van der Waals surface area (Å²) in [6, 6.07) is 0. The van der Waals surface area contributed by atoms with Crippen LogP contribution in [0, 0.1) is 11.3 Å². The standard InChI is InChI=1S/C23H33ClO8/c1-17(11-10-12-18(19(25)29-2)20(26)30-3)13-15-23(21(27)31-4,22(28)32-5)14-8-6-7-9-16-24/h6-9,11,18H,10,12-16H2,1-5H3. The zero-order chi connectivity index (χ0) is 24.6. The number of alkyl halides is 1. The third-order valence-corrected chi connectivity index (χ3v) is 5.13. The van der Waals surface area contributed by atoms with Crippen LogP contribution in [-0.2, 0) is 38.1 Å². The molecule has 8 nitrogen and oxygen atoms in total. The van der Waals surface area contributed by atoms with Crippen molar-refractivity contribution in [3.63, 3.8) is 0 Å². The van der Waals surface area contributed by atoms with E-state index in [0.29, 0.717) is 18.7 Å². The average molecular weight is 473 g/mol. The van der Waals surface area contributed by atoms with E-state index in [2.05, 4.69) is 9.47 Å². The Morgan fingerprint density at radius 2 is 1.41 bits per heavy atom. The fraction of sp³-hybridized carbons (Fsp3) is 0.565. The van der Waals surface area contributed by atoms with E-state index < -0.39 is 35.2 Å². The molecule has 32 heavy (non-hydrogen) atoms. The summed E-state index contributed by atoms with van der Waals surface area (Å²) in [7, 11) is 4.86. The molecular weight excluding hydrogens is 440 g/mol. The van der Waals surface area contributed by atoms with Crippen LogP contribution >= 0.6 is 11.6 Å². The first-order valence-corrected chi connectivity index (χ1v) is 10.6. The smallest absolute Gasteiger partial charge is 0.323 e. The molecule has 0 saturated carbocycles. The molecule has 9 heteroatoms. The lowest BCUT2D eigenvalue weighted by molar-refractivity contribution is -0.169. The Kier molecular flexibility index (Phi) is 14.8. The number of carbonyl (C=O) groups excluding carboxylic acids is 4. The Balaban J connectivity index is 5.39. The summed E-state index contributed by atoms with van der Waals surface area (Å²) in [6.07, 6.45) is 9.95. The summed E-state index contributed by atoms with van der Waals surface area (Å²) < 4.78 is 19.1. The fourth-order valence-corrected chi connectivity index (χ4v) is 3.15. The molecule has 0 bridgehead atoms. The van der Waals surface area contributed by atoms with Crippen molar-refractivity contribution in [2.75, 3.05) is 34.3 Å². The quantitative estimate of drug-likeness (QED) is 0.0943. The number of halogens is 1. The van der Waals surface area contributed by atoms with Gasteiger partial charge in [0.15, 0.2) is 11.3 Å². The van der Waals surface area contributed by atoms with E-state index in [0.717, 1.165) is 5.57 Å². The number of hydrogen-bond acceptors (Lipinski definition) is 8. The van der Waals surface area contributed by atoms with Gasteiger partial charge in [-0.25, -0.2) is 0 Å². The molecule has 0 atom stereocenters. The van der Waals surface area contributed by atoms with Gasteiger partial charge in [0.25, 0.3) is 0 Å². The van der Waals surface area contributed by atoms with Crippen molar-refractivity contribution in [3.8, 4) is 0 Å². The van der Waals surface area contributed by atoms with Gasteiger partial charge in [-0.05, 0) is 39.0 Å². The van der Waals surface area contributed by atoms with Gasteiger partial charge < -0.3 is 18.9 Å². The van der Waals surface area contributed by atoms with E-state index in [-0.39, 0.29) is 19.3 Å². The third kappa shape index (κ3) is 9.26. The van der Waals surface area contributed by atoms with Gasteiger partial charge in [-0.2, -0.15) is 0 Å². The molecule has 0 amide bonds. The van der Waals surface area contributed by atoms with Crippen LogP contribution in [0.15, 0.2) is 36.0 Å². The summed E-state index contributed by atoms with van der Waals surface area (Å²) in [6.45, 7) is 1.84. The molecule has 0 aromatic rings. The first-order valence-electron chi connectivity index (χ1n) is 10.1. The number of methoxy groups -OCH3 is 4. The maximum Gasteiger partial charge on any atom is 0.323 e. The van der Waals surface area contributed by atoms with Gasteiger partial charge in [-0.3, -0.25) is 19.2 Å². The molecule has 180 valence electrons. The van der Waals surface area contributed by atoms with Crippen LogP contribution < -0.4 is 0 Å². The van der Waals surface area contributed by atoms with Crippen molar-refractivity contribution in [2.45, 2.75) is 39.0 Å². The Morgan fingerprint density at radius 3 is 1.88 bits per heavy atom. The van der Waals surface area contributed by atoms with Crippen LogP contribution in [0.4, 0.5) is 0 Å². The van der Waals surface area contributed by atoms with Gasteiger partial charge in [-0.1, -0.05) is 36.0 Å². The number of allylic oxidation sites excluding steroid dienone is 6. The van der Waals surface area contributed by atoms with E-state index >= 15 is 0 Å². The molecule has 0 saturated heterocycles. The highest BCUT2D eigenvalue weighted by molar-refractivity contribution is 6.18. The molecule has 0 aliphatic heterocycles. The highest BCUT2D eigenvalue weighted by Crippen LogP contribution is 2.34. The first-order chi connectivity index (χ1) is 15.2. The maximum absolute atomic E-state index is 12.6. The van der Waals surface area contributed by atoms with Gasteiger partial charge >= 0.3 is 23.9 Å². The summed E-state index contributed by atoms with van der Waals surface area (Å²) in [4.78, 5) is 48.7. The average Bonchev–Trinajstić information content (AvgIpc) is 2.81. The van der Waals surface area contributed by atoms with Crippen molar-refractivity contribution < 1.29 is 38.1 Å². The molecule has 0 unspecified atom stereocenters. The minimum Gasteiger partial charge on any atom is -0.468 e. The van der Waals surface area contributed by atoms with Gasteiger partial charge in [0.1, 0.15) is 0 Å². The van der Waals surface area contributed by atoms with Crippen molar-refractivity contribution in [1.82, 2.24) is 0 Å². The normalized spacial score (nSPS) is 12.3. The van der Waals surface area contributed by atoms with E-state index in [1.54, 1.807) is 24.3 Å². The number of carbonyl (C=O) groups is 4. The van der Waals surface area contributed by atoms with Crippen LogP contribution in [0.5, 0.6) is 0 Å². The lowest BCUT2D eigenvalue weighted by Gasteiger charge is -2.27. The zero-order valence-corrected chi connectivity index (χ0v) is 20.1. The van der Waals surface area contributed by atoms with E-state index in [1.165, 1.54) is 28.4 Å². The predicted molar refractivity (Wildman–Crippen MR) is 120 cm³/mol. The molecule has 0 aliphatic rings. The minimum atomic E-state index is -1.50. The molecule has 0 aliphatic carbocycles. The Labute approximate surface area is 194 Å². The SMILES string of the molecule is COC(=O)C(CCC=C(C)CCC(CC=CC=CCCl)(C(=O)OC)C(=O)OC)C(=O)OC. The van der Waals surface area contributed by atoms with E-state index in [4.69, 9.17) is 21.1 Å². The second kappa shape index (κ2) is 16.1. The monoisotopic (exact) mass is 472 g/mol. The number of ether oxygens (including phenoxy) is 4. The summed E-state index contributed by atoms with van der Waals surface area (Å²) in [5, 5.41) is 0. The largest absolute Gasteiger partial charge is 0.468 e. The van der Waals surface area contributed by atoms with Crippen LogP contribution in [0.1, 0.15) is 39.0 Å². The zero-order valence-electron chi connectivity index (χ0n) is 19.4. The number of rotatable bonds is 14. The third-order valence-electron chi connectivity index (χ3n) is 4.96. The highest BCUT2D eigenvalue weighted by atomic mass is 35.5. The van der Waals surface area contributed by atoms with Gasteiger partial charge in [0.05, 0.1) is 28.4 Å². The van der Waals surface area contributed by atoms with Crippen molar-refractivity contribution in [2.24, 2.45) is 11.3 Å². The Morgan fingerprint density at radius 1 is 0.875 bits per heavy atom. The Hall–Kier alpha value is -2.61. The van der Waals surface area contributed by atoms with Gasteiger partial charge in [0.2, 0.25) is 0 Å². The molecule has 0 N–H and O–H groups in total. The van der Waals surface area contributed by atoms with Crippen LogP contribution in [-0.4, -0.2) is 58.2 Å². The summed E-state index contributed by atoms with van der Waals surface area (Å²) >= 11 is 5.59. The molecule has 0 rings (SSSR count). The number of hydrogen-bond donors (Lipinski definition) is 0. The summed E-state index contributed by atoms with van der Waals surface area (Å²) in [5.41, 5.74) is -0.619. The molecule has 0 fully saturated rings. The van der Waals surface area contributed by atoms with Crippen molar-refractivity contribution in [3.05, 3.63) is 36.0 Å². The molecule has 0 aromatic heterocycles. The van der Waals surface area contributed by atoms with Crippen LogP contribution in [0.2, 0.25) is 0 Å². The predicted octanol–water partition coefficient (Wildman–Crippen LogP) is 3.53. The van der Waals surface area contributed by atoms with Crippen LogP contribution in [0.3, 0.4) is 0 Å². The Bertz CT molecular complexity index is 692. The first kappa shape index (κ1) is 29.4.